The Morgan fingerprint density at radius 1 is 1.18 bits per heavy atom. The molecule has 33 heavy (non-hydrogen) atoms. The highest BCUT2D eigenvalue weighted by Gasteiger charge is 2.46. The summed E-state index contributed by atoms with van der Waals surface area (Å²) >= 11 is 6.40. The molecule has 2 atom stereocenters. The van der Waals surface area contributed by atoms with Crippen molar-refractivity contribution in [3.63, 3.8) is 0 Å². The summed E-state index contributed by atoms with van der Waals surface area (Å²) in [5.41, 5.74) is 6.34. The third-order valence-corrected chi connectivity index (χ3v) is 7.94. The SMILES string of the molecule is CC1=CC2=C(C=C(C(=O)O)CC1)CCC1C2=NN(c2ccc(C#N)c(Cl)c2)C1C1CCCC1. The number of nitrogens with zero attached hydrogens (tertiary/aromatic N) is 3. The molecular weight excluding hydrogens is 434 g/mol. The van der Waals surface area contributed by atoms with Gasteiger partial charge in [-0.25, -0.2) is 4.79 Å². The third kappa shape index (κ3) is 4.02. The summed E-state index contributed by atoms with van der Waals surface area (Å²) in [5, 5.41) is 26.8. The van der Waals surface area contributed by atoms with Crippen molar-refractivity contribution in [1.82, 2.24) is 0 Å². The molecule has 1 aromatic rings. The van der Waals surface area contributed by atoms with E-state index in [1.54, 1.807) is 6.07 Å². The highest BCUT2D eigenvalue weighted by atomic mass is 35.5. The molecule has 0 saturated heterocycles. The molecule has 170 valence electrons. The van der Waals surface area contributed by atoms with Gasteiger partial charge in [0.05, 0.1) is 28.0 Å². The van der Waals surface area contributed by atoms with E-state index < -0.39 is 5.97 Å². The molecule has 3 aliphatic carbocycles. The first-order valence-electron chi connectivity index (χ1n) is 11.9. The molecule has 4 aliphatic rings. The average Bonchev–Trinajstić information content (AvgIpc) is 3.43. The smallest absolute Gasteiger partial charge is 0.331 e. The minimum Gasteiger partial charge on any atom is -0.478 e. The van der Waals surface area contributed by atoms with Crippen LogP contribution in [0.25, 0.3) is 0 Å². The summed E-state index contributed by atoms with van der Waals surface area (Å²) in [6, 6.07) is 7.99. The Labute approximate surface area is 199 Å². The van der Waals surface area contributed by atoms with E-state index in [0.717, 1.165) is 41.8 Å². The average molecular weight is 462 g/mol. The van der Waals surface area contributed by atoms with Crippen molar-refractivity contribution in [3.05, 3.63) is 63.2 Å². The summed E-state index contributed by atoms with van der Waals surface area (Å²) in [6.45, 7) is 2.08. The van der Waals surface area contributed by atoms with Crippen LogP contribution >= 0.6 is 11.6 Å². The van der Waals surface area contributed by atoms with Crippen molar-refractivity contribution >= 4 is 29.0 Å². The number of carbonyl (C=O) groups is 1. The summed E-state index contributed by atoms with van der Waals surface area (Å²) in [7, 11) is 0. The van der Waals surface area contributed by atoms with Crippen molar-refractivity contribution in [2.75, 3.05) is 5.01 Å². The molecule has 0 spiro atoms. The zero-order valence-corrected chi connectivity index (χ0v) is 19.6. The largest absolute Gasteiger partial charge is 0.478 e. The number of carboxylic acid groups (broad SMARTS) is 1. The van der Waals surface area contributed by atoms with Gasteiger partial charge in [-0.3, -0.25) is 5.01 Å². The molecule has 2 unspecified atom stereocenters. The quantitative estimate of drug-likeness (QED) is 0.564. The lowest BCUT2D eigenvalue weighted by Gasteiger charge is -2.34. The number of hydrogen-bond donors (Lipinski definition) is 1. The molecule has 1 aromatic carbocycles. The van der Waals surface area contributed by atoms with Gasteiger partial charge in [-0.05, 0) is 81.2 Å². The summed E-state index contributed by atoms with van der Waals surface area (Å²) in [4.78, 5) is 11.8. The molecule has 0 bridgehead atoms. The fraction of sp³-hybridized carbons (Fsp3) is 0.444. The van der Waals surface area contributed by atoms with Crippen LogP contribution in [0.2, 0.25) is 5.02 Å². The maximum absolute atomic E-state index is 11.8. The second-order valence-corrected chi connectivity index (χ2v) is 10.1. The van der Waals surface area contributed by atoms with Crippen LogP contribution in [0, 0.1) is 23.2 Å². The van der Waals surface area contributed by atoms with Gasteiger partial charge in [0.25, 0.3) is 0 Å². The molecule has 1 fully saturated rings. The predicted octanol–water partition coefficient (Wildman–Crippen LogP) is 6.40. The summed E-state index contributed by atoms with van der Waals surface area (Å²) in [6.07, 6.45) is 12.2. The number of anilines is 1. The Hall–Kier alpha value is -2.84. The molecule has 1 heterocycles. The van der Waals surface area contributed by atoms with Gasteiger partial charge >= 0.3 is 5.97 Å². The van der Waals surface area contributed by atoms with E-state index >= 15 is 0 Å². The second-order valence-electron chi connectivity index (χ2n) is 9.69. The molecule has 0 aromatic heterocycles. The molecule has 5 nitrogen and oxygen atoms in total. The number of halogens is 1. The summed E-state index contributed by atoms with van der Waals surface area (Å²) in [5.74, 6) is 0.0488. The number of benzene rings is 1. The molecule has 1 aliphatic heterocycles. The predicted molar refractivity (Wildman–Crippen MR) is 130 cm³/mol. The highest BCUT2D eigenvalue weighted by molar-refractivity contribution is 6.32. The van der Waals surface area contributed by atoms with Gasteiger partial charge < -0.3 is 5.11 Å². The number of allylic oxidation sites excluding steroid dienone is 5. The number of hydrogen-bond acceptors (Lipinski definition) is 4. The lowest BCUT2D eigenvalue weighted by atomic mass is 9.73. The van der Waals surface area contributed by atoms with E-state index in [-0.39, 0.29) is 6.04 Å². The van der Waals surface area contributed by atoms with E-state index in [9.17, 15) is 15.2 Å². The lowest BCUT2D eigenvalue weighted by Crippen LogP contribution is -2.40. The van der Waals surface area contributed by atoms with Crippen molar-refractivity contribution in [1.29, 1.82) is 5.26 Å². The van der Waals surface area contributed by atoms with Crippen molar-refractivity contribution < 1.29 is 9.90 Å². The minimum atomic E-state index is -0.829. The Bertz CT molecular complexity index is 1160. The van der Waals surface area contributed by atoms with E-state index in [0.29, 0.717) is 34.4 Å². The molecular formula is C27H28ClN3O2. The Morgan fingerprint density at radius 2 is 1.97 bits per heavy atom. The number of rotatable bonds is 3. The molecule has 0 radical (unpaired) electrons. The van der Waals surface area contributed by atoms with Crippen LogP contribution in [-0.2, 0) is 4.79 Å². The standard InChI is InChI=1S/C27H28ClN3O2/c1-16-6-7-19(27(32)33)13-18-9-11-22-25(23(18)12-16)30-31(26(22)17-4-2-3-5-17)21-10-8-20(15-29)24(28)14-21/h8,10,12-14,17,22,26H,2-7,9,11H2,1H3,(H,32,33). The number of aliphatic carboxylic acids is 1. The van der Waals surface area contributed by atoms with Crippen LogP contribution in [0.5, 0.6) is 0 Å². The molecule has 0 amide bonds. The van der Waals surface area contributed by atoms with Gasteiger partial charge in [-0.2, -0.15) is 10.4 Å². The Kier molecular flexibility index (Phi) is 5.88. The first kappa shape index (κ1) is 22.0. The van der Waals surface area contributed by atoms with Crippen LogP contribution in [0.1, 0.15) is 63.9 Å². The van der Waals surface area contributed by atoms with Crippen LogP contribution < -0.4 is 5.01 Å². The maximum Gasteiger partial charge on any atom is 0.331 e. The zero-order valence-electron chi connectivity index (χ0n) is 18.9. The van der Waals surface area contributed by atoms with Crippen LogP contribution in [-0.4, -0.2) is 22.8 Å². The Balaban J connectivity index is 1.63. The van der Waals surface area contributed by atoms with Gasteiger partial charge in [0.15, 0.2) is 0 Å². The van der Waals surface area contributed by atoms with E-state index in [1.165, 1.54) is 31.3 Å². The van der Waals surface area contributed by atoms with Gasteiger partial charge in [-0.1, -0.05) is 36.1 Å². The highest BCUT2D eigenvalue weighted by Crippen LogP contribution is 2.46. The van der Waals surface area contributed by atoms with Crippen molar-refractivity contribution in [2.45, 2.75) is 64.3 Å². The van der Waals surface area contributed by atoms with E-state index in [4.69, 9.17) is 16.7 Å². The van der Waals surface area contributed by atoms with Crippen LogP contribution in [0.3, 0.4) is 0 Å². The molecule has 6 heteroatoms. The topological polar surface area (TPSA) is 76.7 Å². The first-order valence-corrected chi connectivity index (χ1v) is 12.3. The van der Waals surface area contributed by atoms with Gasteiger partial charge in [0, 0.05) is 17.1 Å². The van der Waals surface area contributed by atoms with E-state index in [2.05, 4.69) is 24.1 Å². The second kappa shape index (κ2) is 8.83. The monoisotopic (exact) mass is 461 g/mol. The fourth-order valence-electron chi connectivity index (χ4n) is 5.97. The first-order chi connectivity index (χ1) is 16.0. The number of hydrazone groups is 1. The lowest BCUT2D eigenvalue weighted by molar-refractivity contribution is -0.132. The van der Waals surface area contributed by atoms with Crippen molar-refractivity contribution in [3.8, 4) is 6.07 Å². The third-order valence-electron chi connectivity index (χ3n) is 7.63. The van der Waals surface area contributed by atoms with Gasteiger partial charge in [-0.15, -0.1) is 0 Å². The molecule has 1 saturated carbocycles. The number of nitriles is 1. The number of fused-ring (bicyclic) bond motifs is 2. The van der Waals surface area contributed by atoms with Gasteiger partial charge in [0.2, 0.25) is 0 Å². The van der Waals surface area contributed by atoms with Crippen LogP contribution in [0.15, 0.2) is 57.7 Å². The number of carboxylic acids is 1. The molecule has 1 N–H and O–H groups in total. The Morgan fingerprint density at radius 3 is 2.67 bits per heavy atom. The fourth-order valence-corrected chi connectivity index (χ4v) is 6.19. The summed E-state index contributed by atoms with van der Waals surface area (Å²) < 4.78 is 0. The zero-order chi connectivity index (χ0) is 23.1. The molecule has 5 rings (SSSR count). The maximum atomic E-state index is 11.8. The van der Waals surface area contributed by atoms with Crippen molar-refractivity contribution in [2.24, 2.45) is 16.9 Å². The van der Waals surface area contributed by atoms with Gasteiger partial charge in [0.1, 0.15) is 6.07 Å². The van der Waals surface area contributed by atoms with Crippen LogP contribution in [0.4, 0.5) is 5.69 Å². The normalized spacial score (nSPS) is 25.4. The van der Waals surface area contributed by atoms with E-state index in [1.807, 2.05) is 18.2 Å². The minimum absolute atomic E-state index is 0.266.